The number of hydrogen-bond acceptors (Lipinski definition) is 7. The average Bonchev–Trinajstić information content (AvgIpc) is 2.89. The summed E-state index contributed by atoms with van der Waals surface area (Å²) < 4.78 is 63.2. The molecule has 0 amide bonds. The molecule has 0 aromatic carbocycles. The van der Waals surface area contributed by atoms with Crippen LogP contribution in [-0.4, -0.2) is 38.7 Å². The van der Waals surface area contributed by atoms with E-state index in [9.17, 15) is 21.9 Å². The quantitative estimate of drug-likeness (QED) is 0.623. The Hall–Kier alpha value is -0.260. The molecule has 0 aliphatic heterocycles. The van der Waals surface area contributed by atoms with Crippen LogP contribution in [-0.2, 0) is 28.6 Å². The second kappa shape index (κ2) is 7.13. The molecular formula is C19H32O8S2. The minimum atomic E-state index is -5.15. The summed E-state index contributed by atoms with van der Waals surface area (Å²) in [5, 5.41) is 10.1. The predicted molar refractivity (Wildman–Crippen MR) is 104 cm³/mol. The van der Waals surface area contributed by atoms with Crippen LogP contribution in [0.1, 0.15) is 71.6 Å². The number of aliphatic hydroxyl groups is 1. The van der Waals surface area contributed by atoms with Crippen molar-refractivity contribution >= 4 is 20.8 Å². The molecular weight excluding hydrogens is 420 g/mol. The van der Waals surface area contributed by atoms with Crippen molar-refractivity contribution in [3.63, 3.8) is 0 Å². The lowest BCUT2D eigenvalue weighted by Crippen LogP contribution is -2.54. The maximum Gasteiger partial charge on any atom is 0.416 e. The lowest BCUT2D eigenvalue weighted by molar-refractivity contribution is -0.131. The summed E-state index contributed by atoms with van der Waals surface area (Å²) >= 11 is 0. The third-order valence-corrected chi connectivity index (χ3v) is 10.8. The van der Waals surface area contributed by atoms with Crippen LogP contribution in [0.3, 0.4) is 0 Å². The fraction of sp³-hybridized carbons (Fsp3) is 1.00. The molecule has 0 saturated heterocycles. The molecule has 4 fully saturated rings. The highest BCUT2D eigenvalue weighted by Gasteiger charge is 2.61. The summed E-state index contributed by atoms with van der Waals surface area (Å²) in [6.07, 6.45) is 7.29. The van der Waals surface area contributed by atoms with Crippen molar-refractivity contribution in [2.75, 3.05) is 0 Å². The van der Waals surface area contributed by atoms with Crippen LogP contribution in [0, 0.1) is 34.5 Å². The molecule has 4 aliphatic rings. The van der Waals surface area contributed by atoms with E-state index >= 15 is 0 Å². The van der Waals surface area contributed by atoms with E-state index in [1.807, 2.05) is 6.92 Å². The van der Waals surface area contributed by atoms with Crippen molar-refractivity contribution in [2.24, 2.45) is 34.5 Å². The Morgan fingerprint density at radius 2 is 1.52 bits per heavy atom. The van der Waals surface area contributed by atoms with Gasteiger partial charge in [-0.05, 0) is 92.3 Å². The molecule has 0 aromatic heterocycles. The van der Waals surface area contributed by atoms with Crippen LogP contribution in [0.25, 0.3) is 0 Å². The van der Waals surface area contributed by atoms with Gasteiger partial charge in [-0.15, -0.1) is 3.63 Å². The Labute approximate surface area is 173 Å². The molecule has 10 heteroatoms. The standard InChI is InChI=1S/C19H32O8S2/c1-18-9-7-13(20)11-12(18)3-4-14-15-5-6-17(19(15,2)10-8-16(14)18)26-29(24,25)27-28(21,22)23/h12-17,20H,3-11H2,1-2H3,(H,21,22,23)/t12-,13+,14-,15-,16-,17-,18-,19-/m0/s1. The van der Waals surface area contributed by atoms with E-state index < -0.39 is 26.9 Å². The van der Waals surface area contributed by atoms with Crippen LogP contribution in [0.4, 0.5) is 0 Å². The zero-order valence-electron chi connectivity index (χ0n) is 17.0. The molecule has 29 heavy (non-hydrogen) atoms. The fourth-order valence-corrected chi connectivity index (χ4v) is 9.18. The minimum Gasteiger partial charge on any atom is -0.393 e. The van der Waals surface area contributed by atoms with Gasteiger partial charge in [0.2, 0.25) is 0 Å². The van der Waals surface area contributed by atoms with E-state index in [0.717, 1.165) is 51.4 Å². The second-order valence-corrected chi connectivity index (χ2v) is 12.6. The molecule has 4 aliphatic carbocycles. The van der Waals surface area contributed by atoms with Crippen LogP contribution in [0.2, 0.25) is 0 Å². The lowest BCUT2D eigenvalue weighted by Gasteiger charge is -2.60. The molecule has 2 N–H and O–H groups in total. The summed E-state index contributed by atoms with van der Waals surface area (Å²) in [5.74, 6) is 1.92. The van der Waals surface area contributed by atoms with Crippen molar-refractivity contribution in [3.8, 4) is 0 Å². The number of rotatable bonds is 4. The highest BCUT2D eigenvalue weighted by molar-refractivity contribution is 7.94. The van der Waals surface area contributed by atoms with Gasteiger partial charge in [-0.25, -0.2) is 4.18 Å². The number of aliphatic hydroxyl groups excluding tert-OH is 1. The Morgan fingerprint density at radius 1 is 0.862 bits per heavy atom. The summed E-state index contributed by atoms with van der Waals surface area (Å²) in [4.78, 5) is 0. The van der Waals surface area contributed by atoms with Gasteiger partial charge in [-0.3, -0.25) is 4.55 Å². The molecule has 8 nitrogen and oxygen atoms in total. The Balaban J connectivity index is 1.53. The van der Waals surface area contributed by atoms with Crippen molar-refractivity contribution in [1.82, 2.24) is 0 Å². The van der Waals surface area contributed by atoms with Gasteiger partial charge in [-0.1, -0.05) is 13.8 Å². The van der Waals surface area contributed by atoms with E-state index in [2.05, 4.69) is 10.6 Å². The third-order valence-electron chi connectivity index (χ3n) is 8.95. The number of fused-ring (bicyclic) bond motifs is 5. The summed E-state index contributed by atoms with van der Waals surface area (Å²) in [6.45, 7) is 4.43. The smallest absolute Gasteiger partial charge is 0.393 e. The molecule has 0 aromatic rings. The summed E-state index contributed by atoms with van der Waals surface area (Å²) in [7, 11) is -9.99. The topological polar surface area (TPSA) is 127 Å². The molecule has 0 unspecified atom stereocenters. The largest absolute Gasteiger partial charge is 0.416 e. The Kier molecular flexibility index (Phi) is 5.40. The van der Waals surface area contributed by atoms with Crippen LogP contribution < -0.4 is 0 Å². The Bertz CT molecular complexity index is 855. The zero-order chi connectivity index (χ0) is 21.2. The third kappa shape index (κ3) is 3.89. The van der Waals surface area contributed by atoms with Crippen LogP contribution in [0.5, 0.6) is 0 Å². The summed E-state index contributed by atoms with van der Waals surface area (Å²) in [5.41, 5.74) is -0.142. The summed E-state index contributed by atoms with van der Waals surface area (Å²) in [6, 6.07) is 0. The first kappa shape index (κ1) is 22.0. The first-order valence-corrected chi connectivity index (χ1v) is 13.3. The molecule has 4 saturated carbocycles. The van der Waals surface area contributed by atoms with E-state index in [1.54, 1.807) is 0 Å². The maximum atomic E-state index is 12.0. The lowest BCUT2D eigenvalue weighted by atomic mass is 9.45. The van der Waals surface area contributed by atoms with Crippen molar-refractivity contribution in [3.05, 3.63) is 0 Å². The van der Waals surface area contributed by atoms with Gasteiger partial charge in [0, 0.05) is 0 Å². The van der Waals surface area contributed by atoms with Gasteiger partial charge in [0.15, 0.2) is 0 Å². The fourth-order valence-electron chi connectivity index (χ4n) is 7.61. The number of hydrogen-bond donors (Lipinski definition) is 2. The average molecular weight is 453 g/mol. The van der Waals surface area contributed by atoms with E-state index in [1.165, 1.54) is 0 Å². The van der Waals surface area contributed by atoms with Gasteiger partial charge in [0.25, 0.3) is 0 Å². The second-order valence-electron chi connectivity index (χ2n) is 10.2. The molecule has 8 atom stereocenters. The first-order valence-electron chi connectivity index (χ1n) is 10.6. The van der Waals surface area contributed by atoms with E-state index in [-0.39, 0.29) is 16.9 Å². The molecule has 4 rings (SSSR count). The van der Waals surface area contributed by atoms with Crippen LogP contribution >= 0.6 is 0 Å². The van der Waals surface area contributed by atoms with E-state index in [0.29, 0.717) is 30.1 Å². The monoisotopic (exact) mass is 452 g/mol. The normalized spacial score (nSPS) is 47.9. The van der Waals surface area contributed by atoms with Crippen LogP contribution in [0.15, 0.2) is 0 Å². The van der Waals surface area contributed by atoms with Gasteiger partial charge in [-0.2, -0.15) is 16.8 Å². The Morgan fingerprint density at radius 3 is 2.21 bits per heavy atom. The van der Waals surface area contributed by atoms with E-state index in [4.69, 9.17) is 8.74 Å². The maximum absolute atomic E-state index is 12.0. The van der Waals surface area contributed by atoms with Gasteiger partial charge >= 0.3 is 20.8 Å². The highest BCUT2D eigenvalue weighted by Crippen LogP contribution is 2.66. The minimum absolute atomic E-state index is 0.184. The first-order chi connectivity index (χ1) is 13.3. The highest BCUT2D eigenvalue weighted by atomic mass is 32.3. The molecule has 0 heterocycles. The van der Waals surface area contributed by atoms with Crippen molar-refractivity contribution < 1.29 is 34.3 Å². The van der Waals surface area contributed by atoms with Crippen molar-refractivity contribution in [2.45, 2.75) is 83.8 Å². The zero-order valence-corrected chi connectivity index (χ0v) is 18.6. The SMILES string of the molecule is C[C@]12CC[C@@H](O)C[C@@H]1CC[C@@H]1[C@@H]2CC[C@]2(C)[C@@H](OS(=O)(=O)OS(=O)(=O)O)CC[C@@H]12. The van der Waals surface area contributed by atoms with Gasteiger partial charge < -0.3 is 5.11 Å². The predicted octanol–water partition coefficient (Wildman–Crippen LogP) is 2.84. The van der Waals surface area contributed by atoms with Gasteiger partial charge in [0.05, 0.1) is 12.2 Å². The van der Waals surface area contributed by atoms with Gasteiger partial charge in [0.1, 0.15) is 0 Å². The molecule has 0 radical (unpaired) electrons. The molecule has 0 spiro atoms. The molecule has 168 valence electrons. The van der Waals surface area contributed by atoms with Crippen molar-refractivity contribution in [1.29, 1.82) is 0 Å². The molecule has 0 bridgehead atoms.